The Balaban J connectivity index is 2.03. The minimum Gasteiger partial charge on any atom is -0.0763 e. The highest BCUT2D eigenvalue weighted by Gasteiger charge is 2.07. The smallest absolute Gasteiger partial charge is 0.0151 e. The van der Waals surface area contributed by atoms with Crippen molar-refractivity contribution in [3.63, 3.8) is 0 Å². The molecule has 0 radical (unpaired) electrons. The summed E-state index contributed by atoms with van der Waals surface area (Å²) < 4.78 is 0. The molecular weight excluding hydrogens is 276 g/mol. The molecule has 0 aliphatic rings. The summed E-state index contributed by atoms with van der Waals surface area (Å²) in [5.74, 6) is 0. The summed E-state index contributed by atoms with van der Waals surface area (Å²) >= 11 is 0. The highest BCUT2D eigenvalue weighted by molar-refractivity contribution is 5.81. The van der Waals surface area contributed by atoms with Crippen LogP contribution in [0.25, 0.3) is 16.7 Å². The maximum atomic E-state index is 2.31. The second-order valence-electron chi connectivity index (χ2n) is 5.79. The molecule has 0 heteroatoms. The quantitative estimate of drug-likeness (QED) is 0.515. The third kappa shape index (κ3) is 3.43. The van der Waals surface area contributed by atoms with E-state index in [2.05, 4.69) is 98.8 Å². The fourth-order valence-electron chi connectivity index (χ4n) is 3.00. The Labute approximate surface area is 139 Å². The Morgan fingerprint density at radius 2 is 1.43 bits per heavy atom. The van der Waals surface area contributed by atoms with Crippen LogP contribution in [0.15, 0.2) is 84.9 Å². The van der Waals surface area contributed by atoms with Gasteiger partial charge in [0.15, 0.2) is 0 Å². The number of benzene rings is 3. The van der Waals surface area contributed by atoms with Crippen LogP contribution in [0.5, 0.6) is 0 Å². The fraction of sp³-hybridized carbons (Fsp3) is 0.130. The molecule has 0 fully saturated rings. The second-order valence-corrected chi connectivity index (χ2v) is 5.79. The lowest BCUT2D eigenvalue weighted by atomic mass is 9.92. The van der Waals surface area contributed by atoms with Gasteiger partial charge in [-0.3, -0.25) is 0 Å². The molecule has 0 aliphatic heterocycles. The minimum atomic E-state index is 1.03. The first-order valence-corrected chi connectivity index (χ1v) is 8.21. The lowest BCUT2D eigenvalue weighted by Gasteiger charge is -2.12. The third-order valence-corrected chi connectivity index (χ3v) is 4.12. The van der Waals surface area contributed by atoms with Gasteiger partial charge in [0.1, 0.15) is 0 Å². The van der Waals surface area contributed by atoms with Crippen molar-refractivity contribution in [2.45, 2.75) is 20.3 Å². The molecule has 3 aromatic rings. The SMILES string of the molecule is CCC=C(c1ccccc1)c1ccc(-c2ccccc2)c(C)c1. The number of rotatable bonds is 4. The molecule has 0 bridgehead atoms. The zero-order chi connectivity index (χ0) is 16.1. The van der Waals surface area contributed by atoms with Crippen LogP contribution in [-0.2, 0) is 0 Å². The Morgan fingerprint density at radius 3 is 2.04 bits per heavy atom. The molecule has 0 saturated carbocycles. The van der Waals surface area contributed by atoms with Gasteiger partial charge < -0.3 is 0 Å². The monoisotopic (exact) mass is 298 g/mol. The lowest BCUT2D eigenvalue weighted by Crippen LogP contribution is -1.91. The third-order valence-electron chi connectivity index (χ3n) is 4.12. The fourth-order valence-corrected chi connectivity index (χ4v) is 3.00. The van der Waals surface area contributed by atoms with Crippen molar-refractivity contribution in [2.75, 3.05) is 0 Å². The summed E-state index contributed by atoms with van der Waals surface area (Å²) in [6.45, 7) is 4.38. The van der Waals surface area contributed by atoms with E-state index in [1.807, 2.05) is 0 Å². The first-order chi connectivity index (χ1) is 11.3. The Bertz CT molecular complexity index is 796. The molecule has 0 amide bonds. The van der Waals surface area contributed by atoms with Crippen molar-refractivity contribution in [3.05, 3.63) is 102 Å². The number of hydrogen-bond acceptors (Lipinski definition) is 0. The summed E-state index contributed by atoms with van der Waals surface area (Å²) in [5.41, 5.74) is 7.77. The van der Waals surface area contributed by atoms with Crippen LogP contribution in [0.2, 0.25) is 0 Å². The largest absolute Gasteiger partial charge is 0.0763 e. The molecule has 0 nitrogen and oxygen atoms in total. The highest BCUT2D eigenvalue weighted by atomic mass is 14.1. The Hall–Kier alpha value is -2.60. The van der Waals surface area contributed by atoms with Gasteiger partial charge in [-0.2, -0.15) is 0 Å². The van der Waals surface area contributed by atoms with E-state index in [0.29, 0.717) is 0 Å². The van der Waals surface area contributed by atoms with Crippen LogP contribution < -0.4 is 0 Å². The molecule has 0 unspecified atom stereocenters. The van der Waals surface area contributed by atoms with Gasteiger partial charge in [0.2, 0.25) is 0 Å². The molecule has 23 heavy (non-hydrogen) atoms. The van der Waals surface area contributed by atoms with Crippen molar-refractivity contribution in [2.24, 2.45) is 0 Å². The van der Waals surface area contributed by atoms with Crippen LogP contribution in [0.1, 0.15) is 30.0 Å². The van der Waals surface area contributed by atoms with E-state index in [1.165, 1.54) is 33.4 Å². The number of aryl methyl sites for hydroxylation is 1. The van der Waals surface area contributed by atoms with Gasteiger partial charge in [-0.05, 0) is 46.7 Å². The van der Waals surface area contributed by atoms with Gasteiger partial charge in [-0.15, -0.1) is 0 Å². The van der Waals surface area contributed by atoms with Gasteiger partial charge >= 0.3 is 0 Å². The standard InChI is InChI=1S/C23H22/c1-3-10-23(20-13-8-5-9-14-20)21-15-16-22(18(2)17-21)19-11-6-4-7-12-19/h4-17H,3H2,1-2H3. The van der Waals surface area contributed by atoms with Crippen molar-refractivity contribution in [1.82, 2.24) is 0 Å². The highest BCUT2D eigenvalue weighted by Crippen LogP contribution is 2.29. The predicted octanol–water partition coefficient (Wildman–Crippen LogP) is 6.50. The first-order valence-electron chi connectivity index (χ1n) is 8.21. The number of hydrogen-bond donors (Lipinski definition) is 0. The summed E-state index contributed by atoms with van der Waals surface area (Å²) in [4.78, 5) is 0. The van der Waals surface area contributed by atoms with E-state index in [4.69, 9.17) is 0 Å². The maximum absolute atomic E-state index is 2.31. The zero-order valence-corrected chi connectivity index (χ0v) is 13.8. The average molecular weight is 298 g/mol. The van der Waals surface area contributed by atoms with Crippen molar-refractivity contribution >= 4 is 5.57 Å². The summed E-state index contributed by atoms with van der Waals surface area (Å²) in [6.07, 6.45) is 3.34. The molecule has 0 spiro atoms. The summed E-state index contributed by atoms with van der Waals surface area (Å²) in [6, 6.07) is 28.0. The molecule has 0 saturated heterocycles. The van der Waals surface area contributed by atoms with Crippen molar-refractivity contribution < 1.29 is 0 Å². The van der Waals surface area contributed by atoms with Crippen LogP contribution in [0.4, 0.5) is 0 Å². The van der Waals surface area contributed by atoms with Gasteiger partial charge in [0.25, 0.3) is 0 Å². The molecule has 0 heterocycles. The van der Waals surface area contributed by atoms with E-state index in [-0.39, 0.29) is 0 Å². The Kier molecular flexibility index (Phi) is 4.73. The van der Waals surface area contributed by atoms with E-state index in [9.17, 15) is 0 Å². The van der Waals surface area contributed by atoms with Crippen LogP contribution >= 0.6 is 0 Å². The van der Waals surface area contributed by atoms with Crippen LogP contribution in [0, 0.1) is 6.92 Å². The van der Waals surface area contributed by atoms with Crippen LogP contribution in [0.3, 0.4) is 0 Å². The summed E-state index contributed by atoms with van der Waals surface area (Å²) in [5, 5.41) is 0. The lowest BCUT2D eigenvalue weighted by molar-refractivity contribution is 1.22. The van der Waals surface area contributed by atoms with Gasteiger partial charge in [0, 0.05) is 0 Å². The van der Waals surface area contributed by atoms with Gasteiger partial charge in [-0.1, -0.05) is 91.9 Å². The van der Waals surface area contributed by atoms with Crippen molar-refractivity contribution in [1.29, 1.82) is 0 Å². The zero-order valence-electron chi connectivity index (χ0n) is 13.8. The molecule has 0 aromatic heterocycles. The Morgan fingerprint density at radius 1 is 0.783 bits per heavy atom. The van der Waals surface area contributed by atoms with Crippen molar-refractivity contribution in [3.8, 4) is 11.1 Å². The molecule has 3 rings (SSSR count). The molecule has 0 atom stereocenters. The van der Waals surface area contributed by atoms with Gasteiger partial charge in [-0.25, -0.2) is 0 Å². The molecule has 3 aromatic carbocycles. The minimum absolute atomic E-state index is 1.03. The van der Waals surface area contributed by atoms with Crippen LogP contribution in [-0.4, -0.2) is 0 Å². The van der Waals surface area contributed by atoms with E-state index in [0.717, 1.165) is 6.42 Å². The average Bonchev–Trinajstić information content (AvgIpc) is 2.61. The molecule has 114 valence electrons. The van der Waals surface area contributed by atoms with E-state index in [1.54, 1.807) is 0 Å². The van der Waals surface area contributed by atoms with E-state index >= 15 is 0 Å². The maximum Gasteiger partial charge on any atom is -0.0151 e. The van der Waals surface area contributed by atoms with Gasteiger partial charge in [0.05, 0.1) is 0 Å². The first kappa shape index (κ1) is 15.3. The predicted molar refractivity (Wildman–Crippen MR) is 100 cm³/mol. The van der Waals surface area contributed by atoms with E-state index < -0.39 is 0 Å². The molecule has 0 N–H and O–H groups in total. The summed E-state index contributed by atoms with van der Waals surface area (Å²) in [7, 11) is 0. The topological polar surface area (TPSA) is 0 Å². The molecular formula is C23H22. The molecule has 0 aliphatic carbocycles. The second kappa shape index (κ2) is 7.11. The number of allylic oxidation sites excluding steroid dienone is 1. The normalized spacial score (nSPS) is 11.5.